The Hall–Kier alpha value is -2.00. The second kappa shape index (κ2) is 8.20. The largest absolute Gasteiger partial charge is 0.483 e. The maximum Gasteiger partial charge on any atom is 0.230 e. The van der Waals surface area contributed by atoms with Crippen LogP contribution in [0, 0.1) is 5.95 Å². The molecule has 0 radical (unpaired) electrons. The molecule has 2 unspecified atom stereocenters. The molecule has 0 aliphatic carbocycles. The van der Waals surface area contributed by atoms with Gasteiger partial charge in [0.15, 0.2) is 16.9 Å². The Morgan fingerprint density at radius 3 is 2.79 bits per heavy atom. The monoisotopic (exact) mass is 357 g/mol. The Kier molecular flexibility index (Phi) is 6.27. The number of halogens is 1. The van der Waals surface area contributed by atoms with Gasteiger partial charge in [0, 0.05) is 44.8 Å². The quantitative estimate of drug-likeness (QED) is 0.503. The Morgan fingerprint density at radius 1 is 1.46 bits per heavy atom. The Morgan fingerprint density at radius 2 is 2.17 bits per heavy atom. The summed E-state index contributed by atoms with van der Waals surface area (Å²) in [5, 5.41) is 3.44. The van der Waals surface area contributed by atoms with Crippen molar-refractivity contribution in [3.63, 3.8) is 0 Å². The van der Waals surface area contributed by atoms with Crippen LogP contribution in [0.3, 0.4) is 0 Å². The van der Waals surface area contributed by atoms with Crippen molar-refractivity contribution in [3.05, 3.63) is 34.7 Å². The van der Waals surface area contributed by atoms with Crippen molar-refractivity contribution < 1.29 is 13.9 Å². The average molecular weight is 357 g/mol. The van der Waals surface area contributed by atoms with Crippen LogP contribution in [0.4, 0.5) is 9.52 Å². The van der Waals surface area contributed by atoms with Crippen molar-refractivity contribution in [1.82, 2.24) is 9.88 Å². The number of methoxy groups -OCH3 is 1. The van der Waals surface area contributed by atoms with Crippen LogP contribution in [0.2, 0.25) is 0 Å². The highest BCUT2D eigenvalue weighted by Gasteiger charge is 2.31. The fourth-order valence-corrected chi connectivity index (χ4v) is 3.36. The van der Waals surface area contributed by atoms with E-state index in [1.807, 2.05) is 0 Å². The number of ether oxygens (including phenoxy) is 2. The van der Waals surface area contributed by atoms with Gasteiger partial charge in [-0.25, -0.2) is 0 Å². The maximum atomic E-state index is 13.8. The molecule has 1 saturated heterocycles. The summed E-state index contributed by atoms with van der Waals surface area (Å²) in [5.74, 6) is 0.111. The van der Waals surface area contributed by atoms with Gasteiger partial charge in [-0.1, -0.05) is 11.3 Å². The van der Waals surface area contributed by atoms with E-state index in [9.17, 15) is 4.39 Å². The summed E-state index contributed by atoms with van der Waals surface area (Å²) in [6, 6.07) is 0.266. The highest BCUT2D eigenvalue weighted by molar-refractivity contribution is 7.15. The van der Waals surface area contributed by atoms with Crippen molar-refractivity contribution >= 4 is 16.5 Å². The zero-order chi connectivity index (χ0) is 17.7. The van der Waals surface area contributed by atoms with E-state index in [1.54, 1.807) is 13.1 Å². The number of likely N-dealkylation sites (tertiary alicyclic amines) is 1. The zero-order valence-electron chi connectivity index (χ0n) is 14.1. The highest BCUT2D eigenvalue weighted by Crippen LogP contribution is 2.28. The summed E-state index contributed by atoms with van der Waals surface area (Å²) < 4.78 is 24.4. The molecule has 1 aliphatic heterocycles. The standard InChI is InChI=1S/C15H24FN5O2S/c1-9-6-10(23-13(18)5-4-12(17)22-3)7-21(9)8-11-14(16)20-15(19-2)24-11/h4-5,9-10H,6-8,17-18H2,1-3H3,(H,19,20)/b12-4+,13-5+. The number of hydrogen-bond acceptors (Lipinski definition) is 8. The first-order valence-electron chi connectivity index (χ1n) is 7.63. The van der Waals surface area contributed by atoms with Gasteiger partial charge in [0.25, 0.3) is 0 Å². The van der Waals surface area contributed by atoms with Crippen LogP contribution in [0.1, 0.15) is 18.2 Å². The molecule has 2 atom stereocenters. The molecule has 1 aromatic heterocycles. The van der Waals surface area contributed by atoms with Crippen molar-refractivity contribution in [2.24, 2.45) is 11.5 Å². The van der Waals surface area contributed by atoms with E-state index >= 15 is 0 Å². The molecule has 0 bridgehead atoms. The van der Waals surface area contributed by atoms with Crippen LogP contribution in [-0.4, -0.2) is 42.7 Å². The Bertz CT molecular complexity index is 619. The molecule has 9 heteroatoms. The summed E-state index contributed by atoms with van der Waals surface area (Å²) in [6.07, 6.45) is 3.87. The molecular weight excluding hydrogens is 333 g/mol. The number of thiazole rings is 1. The van der Waals surface area contributed by atoms with E-state index in [0.717, 1.165) is 6.42 Å². The van der Waals surface area contributed by atoms with Gasteiger partial charge in [0.05, 0.1) is 12.0 Å². The van der Waals surface area contributed by atoms with Crippen LogP contribution in [0.25, 0.3) is 0 Å². The third kappa shape index (κ3) is 4.75. The van der Waals surface area contributed by atoms with Gasteiger partial charge in [-0.15, -0.1) is 0 Å². The first-order chi connectivity index (χ1) is 11.4. The van der Waals surface area contributed by atoms with Gasteiger partial charge < -0.3 is 26.3 Å². The molecule has 2 heterocycles. The number of anilines is 1. The lowest BCUT2D eigenvalue weighted by Crippen LogP contribution is -2.27. The van der Waals surface area contributed by atoms with Crippen molar-refractivity contribution in [2.45, 2.75) is 32.0 Å². The van der Waals surface area contributed by atoms with Gasteiger partial charge in [-0.2, -0.15) is 9.37 Å². The number of rotatable bonds is 7. The first-order valence-corrected chi connectivity index (χ1v) is 8.45. The molecule has 1 fully saturated rings. The third-order valence-corrected chi connectivity index (χ3v) is 4.86. The topological polar surface area (TPSA) is 98.7 Å². The minimum Gasteiger partial charge on any atom is -0.483 e. The molecule has 24 heavy (non-hydrogen) atoms. The summed E-state index contributed by atoms with van der Waals surface area (Å²) in [5.41, 5.74) is 11.4. The summed E-state index contributed by atoms with van der Waals surface area (Å²) in [7, 11) is 3.20. The number of nitrogens with one attached hydrogen (secondary N) is 1. The molecule has 0 spiro atoms. The van der Waals surface area contributed by atoms with Crippen molar-refractivity contribution in [2.75, 3.05) is 26.0 Å². The van der Waals surface area contributed by atoms with Crippen LogP contribution >= 0.6 is 11.3 Å². The molecule has 0 saturated carbocycles. The molecule has 2 rings (SSSR count). The molecule has 0 aromatic carbocycles. The predicted octanol–water partition coefficient (Wildman–Crippen LogP) is 1.55. The molecule has 7 nitrogen and oxygen atoms in total. The number of nitrogens with zero attached hydrogens (tertiary/aromatic N) is 2. The minimum absolute atomic E-state index is 0.0480. The van der Waals surface area contributed by atoms with Gasteiger partial charge >= 0.3 is 0 Å². The van der Waals surface area contributed by atoms with Crippen LogP contribution < -0.4 is 16.8 Å². The van der Waals surface area contributed by atoms with E-state index in [0.29, 0.717) is 23.1 Å². The minimum atomic E-state index is -0.416. The van der Waals surface area contributed by atoms with Crippen LogP contribution in [0.15, 0.2) is 23.9 Å². The lowest BCUT2D eigenvalue weighted by molar-refractivity contribution is 0.117. The fraction of sp³-hybridized carbons (Fsp3) is 0.533. The Balaban J connectivity index is 1.93. The smallest absolute Gasteiger partial charge is 0.230 e. The lowest BCUT2D eigenvalue weighted by atomic mass is 10.2. The average Bonchev–Trinajstić information content (AvgIpc) is 3.08. The van der Waals surface area contributed by atoms with Crippen LogP contribution in [0.5, 0.6) is 0 Å². The van der Waals surface area contributed by atoms with E-state index in [-0.39, 0.29) is 23.9 Å². The Labute approximate surface area is 145 Å². The van der Waals surface area contributed by atoms with Gasteiger partial charge in [-0.05, 0) is 6.92 Å². The fourth-order valence-electron chi connectivity index (χ4n) is 2.54. The SMILES string of the molecule is CNc1nc(F)c(CN2CC(O/C(N)=C/C=C(\N)OC)CC2C)s1. The first kappa shape index (κ1) is 18.3. The summed E-state index contributed by atoms with van der Waals surface area (Å²) in [6.45, 7) is 3.27. The van der Waals surface area contributed by atoms with E-state index in [1.165, 1.54) is 24.5 Å². The second-order valence-corrected chi connectivity index (χ2v) is 6.66. The third-order valence-electron chi connectivity index (χ3n) is 3.83. The van der Waals surface area contributed by atoms with E-state index in [4.69, 9.17) is 20.9 Å². The van der Waals surface area contributed by atoms with E-state index in [2.05, 4.69) is 22.1 Å². The predicted molar refractivity (Wildman–Crippen MR) is 92.5 cm³/mol. The maximum absolute atomic E-state index is 13.8. The van der Waals surface area contributed by atoms with Gasteiger partial charge in [0.1, 0.15) is 6.10 Å². The zero-order valence-corrected chi connectivity index (χ0v) is 14.9. The molecule has 134 valence electrons. The number of allylic oxidation sites excluding steroid dienone is 2. The second-order valence-electron chi connectivity index (χ2n) is 5.58. The van der Waals surface area contributed by atoms with E-state index < -0.39 is 5.95 Å². The van der Waals surface area contributed by atoms with Gasteiger partial charge in [-0.3, -0.25) is 4.90 Å². The number of aromatic nitrogens is 1. The molecule has 5 N–H and O–H groups in total. The lowest BCUT2D eigenvalue weighted by Gasteiger charge is -2.19. The summed E-state index contributed by atoms with van der Waals surface area (Å²) in [4.78, 5) is 6.61. The normalized spacial score (nSPS) is 22.7. The molecule has 1 aliphatic rings. The van der Waals surface area contributed by atoms with Crippen molar-refractivity contribution in [3.8, 4) is 0 Å². The molecular formula is C15H24FN5O2S. The number of nitrogens with two attached hydrogens (primary N) is 2. The number of hydrogen-bond donors (Lipinski definition) is 3. The molecule has 0 amide bonds. The van der Waals surface area contributed by atoms with Crippen molar-refractivity contribution in [1.29, 1.82) is 0 Å². The van der Waals surface area contributed by atoms with Crippen LogP contribution in [-0.2, 0) is 16.0 Å². The van der Waals surface area contributed by atoms with Gasteiger partial charge in [0.2, 0.25) is 5.95 Å². The highest BCUT2D eigenvalue weighted by atomic mass is 32.1. The molecule has 1 aromatic rings. The summed E-state index contributed by atoms with van der Waals surface area (Å²) >= 11 is 1.33.